The molecule has 0 aromatic carbocycles. The van der Waals surface area contributed by atoms with Gasteiger partial charge in [-0.2, -0.15) is 31.4 Å². The molecule has 0 aliphatic carbocycles. The summed E-state index contributed by atoms with van der Waals surface area (Å²) in [5, 5.41) is 17.9. The molecule has 3 N–H and O–H groups in total. The fourth-order valence-electron chi connectivity index (χ4n) is 4.74. The summed E-state index contributed by atoms with van der Waals surface area (Å²) < 4.78 is 83.9. The van der Waals surface area contributed by atoms with E-state index in [-0.39, 0.29) is 25.7 Å². The normalized spacial score (nSPS) is 19.2. The number of pyridine rings is 1. The lowest BCUT2D eigenvalue weighted by atomic mass is 9.95. The number of aryl methyl sites for hydroxylation is 1. The molecule has 39 heavy (non-hydrogen) atoms. The number of nitrogens with one attached hydrogen (secondary N) is 2. The second-order valence-electron chi connectivity index (χ2n) is 9.46. The van der Waals surface area contributed by atoms with E-state index in [1.165, 1.54) is 11.8 Å². The average molecular weight is 564 g/mol. The van der Waals surface area contributed by atoms with Crippen molar-refractivity contribution in [3.63, 3.8) is 0 Å². The second-order valence-corrected chi connectivity index (χ2v) is 9.46. The smallest absolute Gasteiger partial charge is 0.381 e. The first-order valence-electron chi connectivity index (χ1n) is 12.0. The molecule has 1 fully saturated rings. The lowest BCUT2D eigenvalue weighted by Crippen LogP contribution is -2.58. The minimum atomic E-state index is -4.91. The van der Waals surface area contributed by atoms with Crippen LogP contribution in [0.3, 0.4) is 0 Å². The van der Waals surface area contributed by atoms with Crippen LogP contribution in [-0.2, 0) is 28.3 Å². The Bertz CT molecular complexity index is 1250. The van der Waals surface area contributed by atoms with Crippen LogP contribution in [0, 0.1) is 0 Å². The minimum Gasteiger partial charge on any atom is -0.381 e. The number of carbonyl (C=O) groups excluding carboxylic acids is 1. The highest BCUT2D eigenvalue weighted by molar-refractivity contribution is 5.81. The molecule has 214 valence electrons. The van der Waals surface area contributed by atoms with Crippen molar-refractivity contribution in [2.45, 2.75) is 50.3 Å². The van der Waals surface area contributed by atoms with Gasteiger partial charge in [0.05, 0.1) is 30.7 Å². The molecular formula is C23H26F6N6O4. The van der Waals surface area contributed by atoms with E-state index in [1.807, 2.05) is 4.90 Å². The number of fused-ring (bicyclic) bond motifs is 3. The number of alkyl halides is 6. The molecule has 4 heterocycles. The van der Waals surface area contributed by atoms with Crippen LogP contribution in [0.5, 0.6) is 0 Å². The number of rotatable bonds is 7. The van der Waals surface area contributed by atoms with Crippen LogP contribution < -0.4 is 15.8 Å². The third-order valence-corrected chi connectivity index (χ3v) is 6.55. The first-order valence-corrected chi connectivity index (χ1v) is 12.0. The van der Waals surface area contributed by atoms with Gasteiger partial charge in [-0.25, -0.2) is 10.1 Å². The first kappa shape index (κ1) is 28.6. The third-order valence-electron chi connectivity index (χ3n) is 6.55. The predicted molar refractivity (Wildman–Crippen MR) is 125 cm³/mol. The van der Waals surface area contributed by atoms with Gasteiger partial charge in [0.2, 0.25) is 0 Å². The molecule has 1 unspecified atom stereocenters. The summed E-state index contributed by atoms with van der Waals surface area (Å²) in [6.07, 6.45) is -8.43. The Labute approximate surface area is 218 Å². The molecule has 1 saturated heterocycles. The highest BCUT2D eigenvalue weighted by atomic mass is 19.4. The van der Waals surface area contributed by atoms with Gasteiger partial charge in [-0.15, -0.1) is 0 Å². The molecule has 4 rings (SSSR count). The second kappa shape index (κ2) is 11.0. The Kier molecular flexibility index (Phi) is 8.07. The van der Waals surface area contributed by atoms with E-state index >= 15 is 0 Å². The van der Waals surface area contributed by atoms with Gasteiger partial charge in [-0.3, -0.25) is 9.59 Å². The van der Waals surface area contributed by atoms with Gasteiger partial charge in [0.25, 0.3) is 11.5 Å². The zero-order valence-electron chi connectivity index (χ0n) is 20.6. The highest BCUT2D eigenvalue weighted by Gasteiger charge is 2.39. The van der Waals surface area contributed by atoms with Crippen molar-refractivity contribution in [1.29, 1.82) is 0 Å². The molecule has 2 aliphatic rings. The van der Waals surface area contributed by atoms with Crippen molar-refractivity contribution in [3.8, 4) is 0 Å². The monoisotopic (exact) mass is 564 g/mol. The largest absolute Gasteiger partial charge is 0.423 e. The van der Waals surface area contributed by atoms with Crippen LogP contribution in [0.2, 0.25) is 0 Å². The fraction of sp³-hybridized carbons (Fsp3) is 0.565. The zero-order chi connectivity index (χ0) is 28.5. The molecule has 0 radical (unpaired) electrons. The number of piperazine rings is 1. The summed E-state index contributed by atoms with van der Waals surface area (Å²) in [5.41, 5.74) is -3.67. The SMILES string of the molecule is C[C@@H](COCC(O)C(=O)N1CCN2c3ncc(C(F)(F)F)cc3CC[C@@H]2C1)Nc1cn[nH]c(=O)c1C(F)(F)F. The van der Waals surface area contributed by atoms with Crippen LogP contribution in [0.25, 0.3) is 0 Å². The number of halogens is 6. The summed E-state index contributed by atoms with van der Waals surface area (Å²) in [6.45, 7) is 1.66. The van der Waals surface area contributed by atoms with Crippen LogP contribution in [0.1, 0.15) is 30.0 Å². The molecule has 0 spiro atoms. The van der Waals surface area contributed by atoms with Gasteiger partial charge in [-0.05, 0) is 31.4 Å². The van der Waals surface area contributed by atoms with Crippen LogP contribution >= 0.6 is 0 Å². The van der Waals surface area contributed by atoms with Crippen LogP contribution in [0.4, 0.5) is 37.8 Å². The van der Waals surface area contributed by atoms with Crippen molar-refractivity contribution < 1.29 is 41.0 Å². The van der Waals surface area contributed by atoms with Crippen molar-refractivity contribution in [2.75, 3.05) is 43.1 Å². The maximum Gasteiger partial charge on any atom is 0.423 e. The number of amides is 1. The van der Waals surface area contributed by atoms with Crippen LogP contribution in [0.15, 0.2) is 23.3 Å². The number of hydrogen-bond donors (Lipinski definition) is 3. The molecule has 0 saturated carbocycles. The number of anilines is 2. The molecule has 2 aliphatic heterocycles. The predicted octanol–water partition coefficient (Wildman–Crippen LogP) is 2.04. The maximum atomic E-state index is 13.2. The topological polar surface area (TPSA) is 124 Å². The Balaban J connectivity index is 1.28. The number of aliphatic hydroxyl groups is 1. The maximum absolute atomic E-state index is 13.2. The number of aromatic nitrogens is 3. The van der Waals surface area contributed by atoms with E-state index in [4.69, 9.17) is 4.74 Å². The molecule has 10 nitrogen and oxygen atoms in total. The van der Waals surface area contributed by atoms with Crippen molar-refractivity contribution in [3.05, 3.63) is 45.5 Å². The Morgan fingerprint density at radius 3 is 2.64 bits per heavy atom. The van der Waals surface area contributed by atoms with E-state index in [0.717, 1.165) is 18.5 Å². The lowest BCUT2D eigenvalue weighted by Gasteiger charge is -2.45. The summed E-state index contributed by atoms with van der Waals surface area (Å²) in [5.74, 6) is -0.138. The van der Waals surface area contributed by atoms with E-state index in [2.05, 4.69) is 15.4 Å². The number of carbonyl (C=O) groups is 1. The number of nitrogens with zero attached hydrogens (tertiary/aromatic N) is 4. The number of aromatic amines is 1. The Hall–Kier alpha value is -3.40. The van der Waals surface area contributed by atoms with Crippen LogP contribution in [-0.4, -0.2) is 82.1 Å². The van der Waals surface area contributed by atoms with Gasteiger partial charge in [0, 0.05) is 37.9 Å². The number of H-pyrrole nitrogens is 1. The van der Waals surface area contributed by atoms with Gasteiger partial charge in [0.15, 0.2) is 6.10 Å². The molecule has 0 bridgehead atoms. The van der Waals surface area contributed by atoms with Crippen molar-refractivity contribution in [1.82, 2.24) is 20.1 Å². The van der Waals surface area contributed by atoms with E-state index in [9.17, 15) is 41.0 Å². The fourth-order valence-corrected chi connectivity index (χ4v) is 4.74. The van der Waals surface area contributed by atoms with Crippen molar-refractivity contribution in [2.24, 2.45) is 0 Å². The van der Waals surface area contributed by atoms with Gasteiger partial charge in [0.1, 0.15) is 11.4 Å². The summed E-state index contributed by atoms with van der Waals surface area (Å²) in [4.78, 5) is 31.7. The molecule has 2 aromatic rings. The van der Waals surface area contributed by atoms with E-state index in [0.29, 0.717) is 30.8 Å². The number of aliphatic hydroxyl groups excluding tert-OH is 1. The molecule has 2 aromatic heterocycles. The summed E-state index contributed by atoms with van der Waals surface area (Å²) in [6, 6.07) is 0.194. The lowest BCUT2D eigenvalue weighted by molar-refractivity contribution is -0.144. The quantitative estimate of drug-likeness (QED) is 0.437. The van der Waals surface area contributed by atoms with E-state index in [1.54, 1.807) is 5.10 Å². The molecular weight excluding hydrogens is 538 g/mol. The summed E-state index contributed by atoms with van der Waals surface area (Å²) in [7, 11) is 0. The molecule has 16 heteroatoms. The first-order chi connectivity index (χ1) is 18.3. The Morgan fingerprint density at radius 2 is 1.95 bits per heavy atom. The van der Waals surface area contributed by atoms with Gasteiger partial charge in [-0.1, -0.05) is 0 Å². The number of ether oxygens (including phenoxy) is 1. The van der Waals surface area contributed by atoms with Gasteiger partial charge >= 0.3 is 12.4 Å². The summed E-state index contributed by atoms with van der Waals surface area (Å²) >= 11 is 0. The van der Waals surface area contributed by atoms with Crippen molar-refractivity contribution >= 4 is 17.4 Å². The minimum absolute atomic E-state index is 0.178. The Morgan fingerprint density at radius 1 is 1.21 bits per heavy atom. The van der Waals surface area contributed by atoms with E-state index < -0.39 is 59.4 Å². The zero-order valence-corrected chi connectivity index (χ0v) is 20.6. The average Bonchev–Trinajstić information content (AvgIpc) is 2.86. The standard InChI is InChI=1S/C23H26F6N6O4/c1-12(32-16-8-31-33-20(37)18(16)23(27,28)29)10-39-11-17(36)21(38)34-4-5-35-15(9-34)3-2-13-6-14(22(24,25)26)7-30-19(13)35/h6-8,12,15,17,36H,2-5,9-11H2,1H3,(H2,32,33,37)/t12-,15+,17?/m0/s1. The molecule has 1 amide bonds. The molecule has 3 atom stereocenters. The highest BCUT2D eigenvalue weighted by Crippen LogP contribution is 2.36. The van der Waals surface area contributed by atoms with Gasteiger partial charge < -0.3 is 25.0 Å². The third kappa shape index (κ3) is 6.43. The number of hydrogen-bond acceptors (Lipinski definition) is 8.